The van der Waals surface area contributed by atoms with Gasteiger partial charge in [0.1, 0.15) is 5.92 Å². The van der Waals surface area contributed by atoms with Crippen LogP contribution >= 0.6 is 12.2 Å². The van der Waals surface area contributed by atoms with Gasteiger partial charge < -0.3 is 10.6 Å². The highest BCUT2D eigenvalue weighted by Gasteiger charge is 2.27. The molecule has 0 aliphatic carbocycles. The lowest BCUT2D eigenvalue weighted by molar-refractivity contribution is -0.118. The number of rotatable bonds is 4. The van der Waals surface area contributed by atoms with Crippen LogP contribution < -0.4 is 10.6 Å². The van der Waals surface area contributed by atoms with E-state index in [0.29, 0.717) is 0 Å². The third kappa shape index (κ3) is 3.03. The van der Waals surface area contributed by atoms with E-state index in [9.17, 15) is 4.79 Å². The molecule has 2 N–H and O–H groups in total. The number of amides is 1. The summed E-state index contributed by atoms with van der Waals surface area (Å²) < 4.78 is 0. The topological polar surface area (TPSA) is 46.3 Å². The molecule has 1 amide bonds. The fourth-order valence-electron chi connectivity index (χ4n) is 2.05. The molecule has 0 fully saturated rings. The van der Waals surface area contributed by atoms with Gasteiger partial charge >= 0.3 is 0 Å². The quantitative estimate of drug-likeness (QED) is 0.878. The molecule has 102 valence electrons. The summed E-state index contributed by atoms with van der Waals surface area (Å²) in [5.41, 5.74) is 7.40. The number of carbonyl (C=O) groups is 1. The van der Waals surface area contributed by atoms with E-state index in [1.165, 1.54) is 0 Å². The second-order valence-corrected chi connectivity index (χ2v) is 4.95. The molecular formula is C16H16N2OS. The highest BCUT2D eigenvalue weighted by atomic mass is 32.1. The molecule has 20 heavy (non-hydrogen) atoms. The zero-order chi connectivity index (χ0) is 14.5. The Morgan fingerprint density at radius 2 is 1.55 bits per heavy atom. The Kier molecular flexibility index (Phi) is 4.48. The molecule has 0 bridgehead atoms. The Morgan fingerprint density at radius 1 is 1.05 bits per heavy atom. The first-order valence-corrected chi connectivity index (χ1v) is 6.69. The maximum Gasteiger partial charge on any atom is 0.241 e. The minimum atomic E-state index is -0.601. The van der Waals surface area contributed by atoms with Crippen molar-refractivity contribution in [2.45, 2.75) is 5.92 Å². The number of nitrogens with two attached hydrogens (primary N) is 1. The van der Waals surface area contributed by atoms with E-state index in [4.69, 9.17) is 18.0 Å². The van der Waals surface area contributed by atoms with Crippen molar-refractivity contribution in [2.24, 2.45) is 5.73 Å². The van der Waals surface area contributed by atoms with E-state index in [1.807, 2.05) is 60.7 Å². The Balaban J connectivity index is 2.31. The van der Waals surface area contributed by atoms with Crippen molar-refractivity contribution < 1.29 is 4.79 Å². The molecule has 0 aromatic heterocycles. The number of hydrogen-bond acceptors (Lipinski definition) is 2. The van der Waals surface area contributed by atoms with E-state index < -0.39 is 5.92 Å². The summed E-state index contributed by atoms with van der Waals surface area (Å²) in [6.07, 6.45) is 0. The second-order valence-electron chi connectivity index (χ2n) is 4.48. The molecule has 1 unspecified atom stereocenters. The molecule has 2 aromatic rings. The number of hydrogen-bond donors (Lipinski definition) is 1. The van der Waals surface area contributed by atoms with Crippen molar-refractivity contribution >= 4 is 28.8 Å². The van der Waals surface area contributed by atoms with E-state index >= 15 is 0 Å². The van der Waals surface area contributed by atoms with Crippen molar-refractivity contribution in [3.05, 3.63) is 66.2 Å². The molecule has 0 heterocycles. The van der Waals surface area contributed by atoms with Crippen LogP contribution in [0, 0.1) is 0 Å². The molecule has 2 aromatic carbocycles. The zero-order valence-corrected chi connectivity index (χ0v) is 12.0. The van der Waals surface area contributed by atoms with E-state index in [0.717, 1.165) is 11.3 Å². The number of benzene rings is 2. The fourth-order valence-corrected chi connectivity index (χ4v) is 2.28. The van der Waals surface area contributed by atoms with Gasteiger partial charge in [-0.15, -0.1) is 0 Å². The molecule has 3 nitrogen and oxygen atoms in total. The van der Waals surface area contributed by atoms with Gasteiger partial charge in [0.15, 0.2) is 0 Å². The minimum Gasteiger partial charge on any atom is -0.392 e. The van der Waals surface area contributed by atoms with Crippen molar-refractivity contribution in [2.75, 3.05) is 11.9 Å². The normalized spacial score (nSPS) is 11.7. The van der Waals surface area contributed by atoms with Gasteiger partial charge in [0.2, 0.25) is 5.91 Å². The van der Waals surface area contributed by atoms with Crippen molar-refractivity contribution in [1.82, 2.24) is 0 Å². The SMILES string of the molecule is CN(C(=O)C(C(N)=S)c1ccccc1)c1ccccc1. The van der Waals surface area contributed by atoms with Gasteiger partial charge in [0.05, 0.1) is 4.99 Å². The van der Waals surface area contributed by atoms with Gasteiger partial charge in [-0.05, 0) is 17.7 Å². The third-order valence-electron chi connectivity index (χ3n) is 3.14. The number of likely N-dealkylation sites (N-methyl/N-ethyl adjacent to an activating group) is 1. The van der Waals surface area contributed by atoms with Gasteiger partial charge in [0, 0.05) is 12.7 Å². The van der Waals surface area contributed by atoms with Gasteiger partial charge in [-0.1, -0.05) is 60.7 Å². The lowest BCUT2D eigenvalue weighted by atomic mass is 9.97. The lowest BCUT2D eigenvalue weighted by Gasteiger charge is -2.23. The fraction of sp³-hybridized carbons (Fsp3) is 0.125. The predicted octanol–water partition coefficient (Wildman–Crippen LogP) is 2.72. The van der Waals surface area contributed by atoms with Crippen LogP contribution in [0.3, 0.4) is 0 Å². The molecular weight excluding hydrogens is 268 g/mol. The van der Waals surface area contributed by atoms with Gasteiger partial charge in [-0.3, -0.25) is 4.79 Å². The van der Waals surface area contributed by atoms with Gasteiger partial charge in [-0.2, -0.15) is 0 Å². The zero-order valence-electron chi connectivity index (χ0n) is 11.2. The number of carbonyl (C=O) groups excluding carboxylic acids is 1. The van der Waals surface area contributed by atoms with Crippen LogP contribution in [0.4, 0.5) is 5.69 Å². The van der Waals surface area contributed by atoms with Gasteiger partial charge in [0.25, 0.3) is 0 Å². The summed E-state index contributed by atoms with van der Waals surface area (Å²) in [7, 11) is 1.73. The van der Waals surface area contributed by atoms with Gasteiger partial charge in [-0.25, -0.2) is 0 Å². The average molecular weight is 284 g/mol. The Bertz CT molecular complexity index is 598. The molecule has 0 radical (unpaired) electrons. The summed E-state index contributed by atoms with van der Waals surface area (Å²) in [6.45, 7) is 0. The van der Waals surface area contributed by atoms with Crippen LogP contribution in [0.25, 0.3) is 0 Å². The Hall–Kier alpha value is -2.20. The molecule has 0 saturated heterocycles. The average Bonchev–Trinajstić information content (AvgIpc) is 2.48. The summed E-state index contributed by atoms with van der Waals surface area (Å²) in [5, 5.41) is 0. The van der Waals surface area contributed by atoms with Crippen molar-refractivity contribution in [1.29, 1.82) is 0 Å². The van der Waals surface area contributed by atoms with E-state index in [1.54, 1.807) is 11.9 Å². The number of nitrogens with zero attached hydrogens (tertiary/aromatic N) is 1. The van der Waals surface area contributed by atoms with Crippen molar-refractivity contribution in [3.8, 4) is 0 Å². The maximum atomic E-state index is 12.6. The standard InChI is InChI=1S/C16H16N2OS/c1-18(13-10-6-3-7-11-13)16(19)14(15(17)20)12-8-4-2-5-9-12/h2-11,14H,1H3,(H2,17,20). The van der Waals surface area contributed by atoms with Crippen LogP contribution in [0.5, 0.6) is 0 Å². The molecule has 1 atom stereocenters. The first-order valence-electron chi connectivity index (χ1n) is 6.28. The monoisotopic (exact) mass is 284 g/mol. The highest BCUT2D eigenvalue weighted by Crippen LogP contribution is 2.22. The lowest BCUT2D eigenvalue weighted by Crippen LogP contribution is -2.37. The molecule has 4 heteroatoms. The maximum absolute atomic E-state index is 12.6. The van der Waals surface area contributed by atoms with Crippen LogP contribution in [-0.4, -0.2) is 17.9 Å². The molecule has 0 spiro atoms. The Labute approximate surface area is 124 Å². The second kappa shape index (κ2) is 6.30. The van der Waals surface area contributed by atoms with Crippen LogP contribution in [-0.2, 0) is 4.79 Å². The highest BCUT2D eigenvalue weighted by molar-refractivity contribution is 7.80. The predicted molar refractivity (Wildman–Crippen MR) is 85.8 cm³/mol. The Morgan fingerprint density at radius 3 is 2.05 bits per heavy atom. The molecule has 0 saturated carbocycles. The number of anilines is 1. The van der Waals surface area contributed by atoms with Crippen LogP contribution in [0.1, 0.15) is 11.5 Å². The molecule has 0 aliphatic heterocycles. The summed E-state index contributed by atoms with van der Waals surface area (Å²) in [6, 6.07) is 18.8. The largest absolute Gasteiger partial charge is 0.392 e. The molecule has 0 aliphatic rings. The van der Waals surface area contributed by atoms with Crippen molar-refractivity contribution in [3.63, 3.8) is 0 Å². The van der Waals surface area contributed by atoms with Crippen LogP contribution in [0.15, 0.2) is 60.7 Å². The van der Waals surface area contributed by atoms with Crippen LogP contribution in [0.2, 0.25) is 0 Å². The third-order valence-corrected chi connectivity index (χ3v) is 3.37. The van der Waals surface area contributed by atoms with E-state index in [2.05, 4.69) is 0 Å². The number of para-hydroxylation sites is 1. The summed E-state index contributed by atoms with van der Waals surface area (Å²) in [5.74, 6) is -0.730. The smallest absolute Gasteiger partial charge is 0.241 e. The first-order chi connectivity index (χ1) is 9.61. The number of thiocarbonyl (C=S) groups is 1. The summed E-state index contributed by atoms with van der Waals surface area (Å²) in [4.78, 5) is 14.4. The minimum absolute atomic E-state index is 0.130. The summed E-state index contributed by atoms with van der Waals surface area (Å²) >= 11 is 5.07. The first kappa shape index (κ1) is 14.2. The van der Waals surface area contributed by atoms with E-state index in [-0.39, 0.29) is 10.9 Å². The molecule has 2 rings (SSSR count).